The largest absolute Gasteiger partial charge is 0.491 e. The third kappa shape index (κ3) is 2.92. The fourth-order valence-corrected chi connectivity index (χ4v) is 2.73. The van der Waals surface area contributed by atoms with Crippen molar-refractivity contribution in [1.82, 2.24) is 4.67 Å². The molecule has 0 aromatic carbocycles. The number of nitrogens with zero attached hydrogens (tertiary/aromatic N) is 1. The molecule has 0 bridgehead atoms. The lowest BCUT2D eigenvalue weighted by Crippen LogP contribution is -2.41. The Balaban J connectivity index is 2.14. The highest BCUT2D eigenvalue weighted by Crippen LogP contribution is 2.40. The van der Waals surface area contributed by atoms with E-state index in [0.717, 1.165) is 19.4 Å². The van der Waals surface area contributed by atoms with Crippen molar-refractivity contribution < 1.29 is 9.31 Å². The molecule has 5 heteroatoms. The van der Waals surface area contributed by atoms with Crippen molar-refractivity contribution in [3.05, 3.63) is 11.5 Å². The summed E-state index contributed by atoms with van der Waals surface area (Å²) in [4.78, 5) is 0. The van der Waals surface area contributed by atoms with Gasteiger partial charge in [0.2, 0.25) is 0 Å². The third-order valence-corrected chi connectivity index (χ3v) is 5.73. The smallest absolute Gasteiger partial charge is 0.400 e. The zero-order valence-electron chi connectivity index (χ0n) is 13.1. The molecule has 2 rings (SSSR count). The van der Waals surface area contributed by atoms with Crippen LogP contribution >= 0.6 is 9.39 Å². The van der Waals surface area contributed by atoms with Gasteiger partial charge in [-0.15, -0.1) is 0 Å². The molecule has 0 saturated carbocycles. The fourth-order valence-electron chi connectivity index (χ4n) is 2.39. The van der Waals surface area contributed by atoms with E-state index in [4.69, 9.17) is 9.31 Å². The van der Waals surface area contributed by atoms with Crippen LogP contribution in [0.15, 0.2) is 11.5 Å². The van der Waals surface area contributed by atoms with Crippen LogP contribution in [0.4, 0.5) is 0 Å². The van der Waals surface area contributed by atoms with E-state index in [1.54, 1.807) is 0 Å². The highest BCUT2D eigenvalue weighted by atomic mass is 31.0. The number of rotatable bonds is 1. The van der Waals surface area contributed by atoms with Gasteiger partial charge in [0, 0.05) is 12.1 Å². The second-order valence-electron chi connectivity index (χ2n) is 7.35. The summed E-state index contributed by atoms with van der Waals surface area (Å²) >= 11 is 0. The first-order chi connectivity index (χ1) is 8.55. The van der Waals surface area contributed by atoms with Crippen molar-refractivity contribution in [2.24, 2.45) is 0 Å². The molecule has 0 spiro atoms. The molecule has 0 N–H and O–H groups in total. The number of allylic oxidation sites excluding steroid dienone is 1. The molecular weight excluding hydrogens is 256 g/mol. The normalized spacial score (nSPS) is 30.1. The Hall–Kier alpha value is 0.115. The van der Waals surface area contributed by atoms with E-state index in [0.29, 0.717) is 0 Å². The van der Waals surface area contributed by atoms with Gasteiger partial charge in [-0.05, 0) is 59.9 Å². The van der Waals surface area contributed by atoms with E-state index in [9.17, 15) is 0 Å². The zero-order chi connectivity index (χ0) is 14.5. The van der Waals surface area contributed by atoms with Crippen LogP contribution in [0.2, 0.25) is 0 Å². The maximum Gasteiger partial charge on any atom is 0.491 e. The molecule has 1 saturated heterocycles. The summed E-state index contributed by atoms with van der Waals surface area (Å²) in [5.41, 5.74) is 0.934. The predicted octanol–water partition coefficient (Wildman–Crippen LogP) is 3.21. The van der Waals surface area contributed by atoms with Gasteiger partial charge in [0.25, 0.3) is 0 Å². The van der Waals surface area contributed by atoms with Crippen LogP contribution in [0, 0.1) is 0 Å². The van der Waals surface area contributed by atoms with Crippen molar-refractivity contribution in [2.75, 3.05) is 6.54 Å². The van der Waals surface area contributed by atoms with E-state index in [1.165, 1.54) is 5.47 Å². The molecule has 0 amide bonds. The van der Waals surface area contributed by atoms with Crippen LogP contribution in [-0.2, 0) is 9.31 Å². The van der Waals surface area contributed by atoms with Gasteiger partial charge in [0.05, 0.1) is 11.2 Å². The van der Waals surface area contributed by atoms with Crippen LogP contribution < -0.4 is 0 Å². The summed E-state index contributed by atoms with van der Waals surface area (Å²) in [6.45, 7) is 13.9. The first kappa shape index (κ1) is 15.5. The van der Waals surface area contributed by atoms with Gasteiger partial charge in [0.1, 0.15) is 0 Å². The Morgan fingerprint density at radius 3 is 2.16 bits per heavy atom. The SMILES string of the molecule is CC1(C)CCC=C(B2OC(C)(C)C(C)(C)O2)CN1P. The molecule has 1 atom stereocenters. The van der Waals surface area contributed by atoms with Crippen molar-refractivity contribution in [3.63, 3.8) is 0 Å². The lowest BCUT2D eigenvalue weighted by molar-refractivity contribution is 0.00578. The summed E-state index contributed by atoms with van der Waals surface area (Å²) in [6.07, 6.45) is 4.53. The van der Waals surface area contributed by atoms with E-state index >= 15 is 0 Å². The quantitative estimate of drug-likeness (QED) is 0.545. The van der Waals surface area contributed by atoms with Crippen molar-refractivity contribution in [2.45, 2.75) is 71.1 Å². The van der Waals surface area contributed by atoms with Gasteiger partial charge in [-0.2, -0.15) is 0 Å². The average Bonchev–Trinajstić information content (AvgIpc) is 2.37. The standard InChI is InChI=1S/C14H27BNO2P/c1-12(2)9-7-8-11(10-16(12)19)15-17-13(3,4)14(5,6)18-15/h8H,7,9-10,19H2,1-6H3. The van der Waals surface area contributed by atoms with E-state index in [2.05, 4.69) is 61.7 Å². The first-order valence-corrected chi connectivity index (χ1v) is 7.64. The summed E-state index contributed by atoms with van der Waals surface area (Å²) in [5, 5.41) is 0. The Kier molecular flexibility index (Phi) is 3.95. The molecule has 1 fully saturated rings. The zero-order valence-corrected chi connectivity index (χ0v) is 14.3. The molecular formula is C14H27BNO2P. The van der Waals surface area contributed by atoms with Crippen molar-refractivity contribution in [1.29, 1.82) is 0 Å². The summed E-state index contributed by atoms with van der Waals surface area (Å²) < 4.78 is 14.6. The van der Waals surface area contributed by atoms with Gasteiger partial charge in [-0.25, -0.2) is 0 Å². The fraction of sp³-hybridized carbons (Fsp3) is 0.857. The minimum atomic E-state index is -0.258. The molecule has 2 aliphatic heterocycles. The molecule has 108 valence electrons. The molecule has 2 aliphatic rings. The maximum absolute atomic E-state index is 6.15. The second kappa shape index (κ2) is 4.84. The van der Waals surface area contributed by atoms with Crippen molar-refractivity contribution >= 4 is 16.5 Å². The summed E-state index contributed by atoms with van der Waals surface area (Å²) in [5.74, 6) is 0. The molecule has 1 unspecified atom stereocenters. The second-order valence-corrected chi connectivity index (χ2v) is 7.97. The minimum absolute atomic E-state index is 0.201. The molecule has 0 aromatic heterocycles. The molecule has 0 aliphatic carbocycles. The average molecular weight is 283 g/mol. The predicted molar refractivity (Wildman–Crippen MR) is 83.9 cm³/mol. The maximum atomic E-state index is 6.15. The molecule has 0 radical (unpaired) electrons. The van der Waals surface area contributed by atoms with Crippen LogP contribution in [0.1, 0.15) is 54.4 Å². The van der Waals surface area contributed by atoms with Gasteiger partial charge in [-0.3, -0.25) is 4.67 Å². The number of hydrogen-bond donors (Lipinski definition) is 0. The molecule has 3 nitrogen and oxygen atoms in total. The Morgan fingerprint density at radius 1 is 1.11 bits per heavy atom. The van der Waals surface area contributed by atoms with Crippen LogP contribution in [0.3, 0.4) is 0 Å². The molecule has 0 aromatic rings. The summed E-state index contributed by atoms with van der Waals surface area (Å²) in [6, 6.07) is 0. The van der Waals surface area contributed by atoms with E-state index < -0.39 is 0 Å². The summed E-state index contributed by atoms with van der Waals surface area (Å²) in [7, 11) is 2.65. The molecule has 19 heavy (non-hydrogen) atoms. The Labute approximate surface area is 120 Å². The topological polar surface area (TPSA) is 21.7 Å². The lowest BCUT2D eigenvalue weighted by Gasteiger charge is -2.34. The van der Waals surface area contributed by atoms with Crippen LogP contribution in [0.25, 0.3) is 0 Å². The van der Waals surface area contributed by atoms with E-state index in [-0.39, 0.29) is 23.9 Å². The van der Waals surface area contributed by atoms with Gasteiger partial charge < -0.3 is 9.31 Å². The first-order valence-electron chi connectivity index (χ1n) is 7.12. The Morgan fingerprint density at radius 2 is 1.63 bits per heavy atom. The Bertz CT molecular complexity index is 377. The van der Waals surface area contributed by atoms with Gasteiger partial charge in [0.15, 0.2) is 0 Å². The van der Waals surface area contributed by atoms with Crippen molar-refractivity contribution in [3.8, 4) is 0 Å². The van der Waals surface area contributed by atoms with Crippen LogP contribution in [0.5, 0.6) is 0 Å². The van der Waals surface area contributed by atoms with E-state index in [1.807, 2.05) is 0 Å². The van der Waals surface area contributed by atoms with Gasteiger partial charge in [-0.1, -0.05) is 15.5 Å². The van der Waals surface area contributed by atoms with Gasteiger partial charge >= 0.3 is 7.12 Å². The third-order valence-electron chi connectivity index (χ3n) is 4.85. The highest BCUT2D eigenvalue weighted by molar-refractivity contribution is 7.13. The number of hydrogen-bond acceptors (Lipinski definition) is 3. The monoisotopic (exact) mass is 283 g/mol. The highest BCUT2D eigenvalue weighted by Gasteiger charge is 2.52. The van der Waals surface area contributed by atoms with Crippen LogP contribution in [-0.4, -0.2) is 35.1 Å². The minimum Gasteiger partial charge on any atom is -0.400 e. The molecule has 2 heterocycles. The lowest BCUT2D eigenvalue weighted by atomic mass is 9.77.